The number of nitriles is 1. The van der Waals surface area contributed by atoms with Crippen LogP contribution in [0.1, 0.15) is 32.4 Å². The molecule has 0 aromatic heterocycles. The predicted molar refractivity (Wildman–Crippen MR) is 89.0 cm³/mol. The van der Waals surface area contributed by atoms with E-state index in [0.717, 1.165) is 4.90 Å². The first kappa shape index (κ1) is 18.1. The summed E-state index contributed by atoms with van der Waals surface area (Å²) in [5.74, 6) is -0.891. The van der Waals surface area contributed by atoms with Crippen molar-refractivity contribution < 1.29 is 14.5 Å². The van der Waals surface area contributed by atoms with E-state index in [1.54, 1.807) is 19.9 Å². The first-order valence-corrected chi connectivity index (χ1v) is 7.59. The molecule has 1 aromatic rings. The van der Waals surface area contributed by atoms with E-state index < -0.39 is 28.9 Å². The van der Waals surface area contributed by atoms with Gasteiger partial charge < -0.3 is 5.32 Å². The molecule has 4 amide bonds. The third-order valence-corrected chi connectivity index (χ3v) is 3.71. The lowest BCUT2D eigenvalue weighted by Crippen LogP contribution is -2.51. The van der Waals surface area contributed by atoms with Crippen LogP contribution in [0.4, 0.5) is 15.3 Å². The van der Waals surface area contributed by atoms with Gasteiger partial charge in [0.1, 0.15) is 5.92 Å². The highest BCUT2D eigenvalue weighted by atomic mass is 16.6. The summed E-state index contributed by atoms with van der Waals surface area (Å²) >= 11 is 0. The van der Waals surface area contributed by atoms with Crippen molar-refractivity contribution in [2.45, 2.75) is 32.9 Å². The molecule has 9 nitrogen and oxygen atoms in total. The minimum Gasteiger partial charge on any atom is -0.335 e. The Morgan fingerprint density at radius 2 is 2.16 bits per heavy atom. The molecule has 2 atom stereocenters. The molecule has 1 aliphatic heterocycles. The number of hydrogen-bond donors (Lipinski definition) is 1. The summed E-state index contributed by atoms with van der Waals surface area (Å²) in [5, 5.41) is 23.1. The van der Waals surface area contributed by atoms with Crippen LogP contribution in [0.5, 0.6) is 0 Å². The van der Waals surface area contributed by atoms with Gasteiger partial charge in [-0.2, -0.15) is 5.26 Å². The average Bonchev–Trinajstić information content (AvgIpc) is 2.53. The smallest absolute Gasteiger partial charge is 0.335 e. The number of rotatable bonds is 3. The highest BCUT2D eigenvalue weighted by Crippen LogP contribution is 2.35. The van der Waals surface area contributed by atoms with Crippen LogP contribution in [-0.2, 0) is 0 Å². The molecule has 0 bridgehead atoms. The first-order valence-electron chi connectivity index (χ1n) is 7.59. The van der Waals surface area contributed by atoms with Crippen molar-refractivity contribution in [2.75, 3.05) is 0 Å². The highest BCUT2D eigenvalue weighted by molar-refractivity contribution is 6.05. The largest absolute Gasteiger partial charge is 0.352 e. The molecule has 130 valence electrons. The molecule has 2 rings (SSSR count). The monoisotopic (exact) mass is 343 g/mol. The van der Waals surface area contributed by atoms with Crippen LogP contribution in [-0.4, -0.2) is 33.6 Å². The van der Waals surface area contributed by atoms with Gasteiger partial charge in [0.25, 0.3) is 5.69 Å². The lowest BCUT2D eigenvalue weighted by atomic mass is 9.88. The van der Waals surface area contributed by atoms with Gasteiger partial charge in [0.05, 0.1) is 17.0 Å². The second kappa shape index (κ2) is 7.09. The molecule has 0 aliphatic carbocycles. The molecule has 0 saturated heterocycles. The van der Waals surface area contributed by atoms with Crippen molar-refractivity contribution in [1.29, 1.82) is 5.26 Å². The Balaban J connectivity index is 2.58. The Hall–Kier alpha value is -3.28. The van der Waals surface area contributed by atoms with Crippen LogP contribution in [0.3, 0.4) is 0 Å². The van der Waals surface area contributed by atoms with Crippen molar-refractivity contribution in [3.05, 3.63) is 39.9 Å². The summed E-state index contributed by atoms with van der Waals surface area (Å²) in [6, 6.07) is 4.85. The van der Waals surface area contributed by atoms with Gasteiger partial charge >= 0.3 is 12.1 Å². The SMILES string of the molecule is CC1=NC(=O)N(C(=O)NC(C)C)C(c2cccc([N+](=O)[O-])c2)C1C#N. The molecule has 1 aliphatic rings. The molecule has 25 heavy (non-hydrogen) atoms. The van der Waals surface area contributed by atoms with E-state index >= 15 is 0 Å². The number of nitro groups is 1. The van der Waals surface area contributed by atoms with Crippen LogP contribution in [0.15, 0.2) is 29.3 Å². The molecule has 1 heterocycles. The number of urea groups is 2. The lowest BCUT2D eigenvalue weighted by molar-refractivity contribution is -0.385. The van der Waals surface area contributed by atoms with Gasteiger partial charge in [-0.15, -0.1) is 0 Å². The van der Waals surface area contributed by atoms with Crippen LogP contribution < -0.4 is 5.32 Å². The molecular weight excluding hydrogens is 326 g/mol. The van der Waals surface area contributed by atoms with Gasteiger partial charge in [-0.25, -0.2) is 19.5 Å². The lowest BCUT2D eigenvalue weighted by Gasteiger charge is -2.35. The Kier molecular flexibility index (Phi) is 5.12. The number of amides is 4. The fraction of sp³-hybridized carbons (Fsp3) is 0.375. The van der Waals surface area contributed by atoms with Crippen LogP contribution in [0.25, 0.3) is 0 Å². The Morgan fingerprint density at radius 3 is 2.72 bits per heavy atom. The Bertz CT molecular complexity index is 796. The normalized spacial score (nSPS) is 20.0. The van der Waals surface area contributed by atoms with Crippen LogP contribution >= 0.6 is 0 Å². The molecular formula is C16H17N5O4. The van der Waals surface area contributed by atoms with E-state index in [-0.39, 0.29) is 17.4 Å². The van der Waals surface area contributed by atoms with Gasteiger partial charge in [-0.05, 0) is 26.3 Å². The minimum atomic E-state index is -0.992. The number of nitrogens with one attached hydrogen (secondary N) is 1. The van der Waals surface area contributed by atoms with Crippen molar-refractivity contribution >= 4 is 23.5 Å². The maximum absolute atomic E-state index is 12.5. The second-order valence-corrected chi connectivity index (χ2v) is 5.91. The number of nitro benzene ring substituents is 1. The fourth-order valence-corrected chi connectivity index (χ4v) is 2.63. The first-order chi connectivity index (χ1) is 11.8. The van der Waals surface area contributed by atoms with Gasteiger partial charge in [0.2, 0.25) is 0 Å². The van der Waals surface area contributed by atoms with Crippen LogP contribution in [0, 0.1) is 27.4 Å². The molecule has 2 unspecified atom stereocenters. The number of benzene rings is 1. The number of nitrogens with zero attached hydrogens (tertiary/aromatic N) is 4. The van der Waals surface area contributed by atoms with Gasteiger partial charge in [-0.3, -0.25) is 10.1 Å². The maximum atomic E-state index is 12.5. The summed E-state index contributed by atoms with van der Waals surface area (Å²) in [5.41, 5.74) is 0.394. The van der Waals surface area contributed by atoms with E-state index in [4.69, 9.17) is 0 Å². The van der Waals surface area contributed by atoms with Gasteiger partial charge in [-0.1, -0.05) is 12.1 Å². The molecule has 0 spiro atoms. The Morgan fingerprint density at radius 1 is 1.48 bits per heavy atom. The van der Waals surface area contributed by atoms with Crippen molar-refractivity contribution in [3.8, 4) is 6.07 Å². The highest BCUT2D eigenvalue weighted by Gasteiger charge is 2.42. The Labute approximate surface area is 144 Å². The van der Waals surface area contributed by atoms with E-state index in [1.807, 2.05) is 6.07 Å². The standard InChI is InChI=1S/C16H17N5O4/c1-9(2)18-15(22)20-14(13(8-17)10(3)19-16(20)23)11-5-4-6-12(7-11)21(24)25/h4-7,9,13-14H,1-3H3,(H,18,22). The number of non-ortho nitro benzene ring substituents is 1. The molecule has 0 radical (unpaired) electrons. The zero-order chi connectivity index (χ0) is 18.7. The molecule has 1 aromatic carbocycles. The number of imide groups is 1. The molecule has 0 fully saturated rings. The maximum Gasteiger partial charge on any atom is 0.352 e. The number of hydrogen-bond acceptors (Lipinski definition) is 5. The zero-order valence-electron chi connectivity index (χ0n) is 14.0. The van der Waals surface area contributed by atoms with E-state index in [1.165, 1.54) is 25.1 Å². The molecule has 1 N–H and O–H groups in total. The average molecular weight is 343 g/mol. The summed E-state index contributed by atoms with van der Waals surface area (Å²) in [6.45, 7) is 4.98. The predicted octanol–water partition coefficient (Wildman–Crippen LogP) is 2.79. The molecule has 0 saturated carbocycles. The van der Waals surface area contributed by atoms with Gasteiger partial charge in [0, 0.05) is 23.9 Å². The molecule has 9 heteroatoms. The summed E-state index contributed by atoms with van der Waals surface area (Å²) in [4.78, 5) is 39.9. The number of carbonyl (C=O) groups excluding carboxylic acids is 2. The quantitative estimate of drug-likeness (QED) is 0.666. The van der Waals surface area contributed by atoms with E-state index in [0.29, 0.717) is 5.56 Å². The van der Waals surface area contributed by atoms with Crippen molar-refractivity contribution in [1.82, 2.24) is 10.2 Å². The van der Waals surface area contributed by atoms with Gasteiger partial charge in [0.15, 0.2) is 0 Å². The summed E-state index contributed by atoms with van der Waals surface area (Å²) < 4.78 is 0. The topological polar surface area (TPSA) is 129 Å². The number of aliphatic imine (C=N–C) groups is 1. The van der Waals surface area contributed by atoms with Crippen LogP contribution in [0.2, 0.25) is 0 Å². The third-order valence-electron chi connectivity index (χ3n) is 3.71. The second-order valence-electron chi connectivity index (χ2n) is 5.91. The zero-order valence-corrected chi connectivity index (χ0v) is 14.0. The van der Waals surface area contributed by atoms with Crippen molar-refractivity contribution in [3.63, 3.8) is 0 Å². The van der Waals surface area contributed by atoms with E-state index in [2.05, 4.69) is 10.3 Å². The van der Waals surface area contributed by atoms with Crippen molar-refractivity contribution in [2.24, 2.45) is 10.9 Å². The third kappa shape index (κ3) is 3.63. The summed E-state index contributed by atoms with van der Waals surface area (Å²) in [7, 11) is 0. The number of carbonyl (C=O) groups is 2. The summed E-state index contributed by atoms with van der Waals surface area (Å²) in [6.07, 6.45) is 0. The minimum absolute atomic E-state index is 0.189. The van der Waals surface area contributed by atoms with E-state index in [9.17, 15) is 25.0 Å². The fourth-order valence-electron chi connectivity index (χ4n) is 2.63.